The van der Waals surface area contributed by atoms with Crippen molar-refractivity contribution in [1.29, 1.82) is 0 Å². The Balaban J connectivity index is 0.000000336. The van der Waals surface area contributed by atoms with Crippen LogP contribution in [0.5, 0.6) is 0 Å². The molecular formula is C10H21NO. The van der Waals surface area contributed by atoms with Crippen molar-refractivity contribution in [3.05, 3.63) is 0 Å². The van der Waals surface area contributed by atoms with Gasteiger partial charge < -0.3 is 4.74 Å². The highest BCUT2D eigenvalue weighted by atomic mass is 16.5. The number of rotatable bonds is 1. The molecule has 12 heavy (non-hydrogen) atoms. The molecule has 2 heterocycles. The molecule has 0 radical (unpaired) electrons. The van der Waals surface area contributed by atoms with Crippen LogP contribution in [0.2, 0.25) is 0 Å². The van der Waals surface area contributed by atoms with Crippen molar-refractivity contribution in [2.75, 3.05) is 19.8 Å². The summed E-state index contributed by atoms with van der Waals surface area (Å²) in [6.07, 6.45) is 2.77. The molecule has 0 aromatic carbocycles. The Bertz CT molecular complexity index is 123. The van der Waals surface area contributed by atoms with Crippen molar-refractivity contribution >= 4 is 0 Å². The van der Waals surface area contributed by atoms with Gasteiger partial charge in [0.1, 0.15) is 0 Å². The van der Waals surface area contributed by atoms with Crippen molar-refractivity contribution in [1.82, 2.24) is 4.90 Å². The summed E-state index contributed by atoms with van der Waals surface area (Å²) in [6, 6.07) is 1.58. The Morgan fingerprint density at radius 1 is 1.25 bits per heavy atom. The van der Waals surface area contributed by atoms with Gasteiger partial charge in [0.05, 0.1) is 19.3 Å². The van der Waals surface area contributed by atoms with E-state index in [4.69, 9.17) is 4.74 Å². The highest BCUT2D eigenvalue weighted by Gasteiger charge is 2.31. The first kappa shape index (κ1) is 10.0. The molecule has 2 fully saturated rings. The third kappa shape index (κ3) is 1.99. The number of ether oxygens (including phenoxy) is 1. The van der Waals surface area contributed by atoms with Gasteiger partial charge in [0.25, 0.3) is 0 Å². The Morgan fingerprint density at radius 3 is 2.25 bits per heavy atom. The van der Waals surface area contributed by atoms with E-state index in [1.165, 1.54) is 19.4 Å². The Labute approximate surface area is 75.9 Å². The van der Waals surface area contributed by atoms with Gasteiger partial charge in [-0.1, -0.05) is 13.8 Å². The van der Waals surface area contributed by atoms with E-state index >= 15 is 0 Å². The number of hydrogen-bond acceptors (Lipinski definition) is 2. The molecule has 2 rings (SSSR count). The average molecular weight is 171 g/mol. The van der Waals surface area contributed by atoms with Crippen molar-refractivity contribution < 1.29 is 4.74 Å². The summed E-state index contributed by atoms with van der Waals surface area (Å²) in [5, 5.41) is 0. The van der Waals surface area contributed by atoms with Gasteiger partial charge in [-0.2, -0.15) is 0 Å². The monoisotopic (exact) mass is 171 g/mol. The van der Waals surface area contributed by atoms with E-state index in [0.29, 0.717) is 0 Å². The largest absolute Gasteiger partial charge is 0.378 e. The third-order valence-corrected chi connectivity index (χ3v) is 2.69. The topological polar surface area (TPSA) is 12.5 Å². The fourth-order valence-corrected chi connectivity index (χ4v) is 1.91. The predicted octanol–water partition coefficient (Wildman–Crippen LogP) is 1.90. The van der Waals surface area contributed by atoms with Gasteiger partial charge in [-0.05, 0) is 26.3 Å². The van der Waals surface area contributed by atoms with Crippen molar-refractivity contribution in [3.8, 4) is 0 Å². The average Bonchev–Trinajstić information content (AvgIpc) is 2.38. The highest BCUT2D eigenvalue weighted by molar-refractivity contribution is 4.85. The molecule has 0 aliphatic carbocycles. The SMILES string of the molecule is CC.CC1CCCN1C1COC1. The zero-order valence-electron chi connectivity index (χ0n) is 8.55. The lowest BCUT2D eigenvalue weighted by Crippen LogP contribution is -2.50. The molecule has 2 nitrogen and oxygen atoms in total. The van der Waals surface area contributed by atoms with E-state index < -0.39 is 0 Å². The van der Waals surface area contributed by atoms with Crippen molar-refractivity contribution in [3.63, 3.8) is 0 Å². The summed E-state index contributed by atoms with van der Waals surface area (Å²) in [5.41, 5.74) is 0. The summed E-state index contributed by atoms with van der Waals surface area (Å²) in [4.78, 5) is 2.59. The fourth-order valence-electron chi connectivity index (χ4n) is 1.91. The molecule has 2 saturated heterocycles. The molecule has 1 atom stereocenters. The maximum atomic E-state index is 5.15. The van der Waals surface area contributed by atoms with E-state index in [1.54, 1.807) is 0 Å². The van der Waals surface area contributed by atoms with Crippen LogP contribution < -0.4 is 0 Å². The molecule has 0 N–H and O–H groups in total. The molecule has 0 aromatic heterocycles. The summed E-state index contributed by atoms with van der Waals surface area (Å²) in [5.74, 6) is 0. The van der Waals surface area contributed by atoms with Gasteiger partial charge in [0.2, 0.25) is 0 Å². The Kier molecular flexibility index (Phi) is 4.02. The smallest absolute Gasteiger partial charge is 0.0645 e. The molecule has 72 valence electrons. The van der Waals surface area contributed by atoms with Crippen LogP contribution in [0.4, 0.5) is 0 Å². The summed E-state index contributed by atoms with van der Waals surface area (Å²) in [6.45, 7) is 9.58. The van der Waals surface area contributed by atoms with Gasteiger partial charge in [0.15, 0.2) is 0 Å². The van der Waals surface area contributed by atoms with Crippen LogP contribution in [-0.2, 0) is 4.74 Å². The first-order chi connectivity index (χ1) is 5.88. The predicted molar refractivity (Wildman–Crippen MR) is 51.4 cm³/mol. The van der Waals surface area contributed by atoms with Crippen LogP contribution in [0.1, 0.15) is 33.6 Å². The fraction of sp³-hybridized carbons (Fsp3) is 1.00. The molecule has 2 aliphatic heterocycles. The van der Waals surface area contributed by atoms with Crippen molar-refractivity contribution in [2.24, 2.45) is 0 Å². The summed E-state index contributed by atoms with van der Waals surface area (Å²) >= 11 is 0. The normalized spacial score (nSPS) is 30.8. The van der Waals surface area contributed by atoms with Gasteiger partial charge in [-0.25, -0.2) is 0 Å². The van der Waals surface area contributed by atoms with Crippen LogP contribution in [-0.4, -0.2) is 36.7 Å². The van der Waals surface area contributed by atoms with Gasteiger partial charge in [-0.15, -0.1) is 0 Å². The van der Waals surface area contributed by atoms with Crippen LogP contribution in [0.3, 0.4) is 0 Å². The molecule has 2 heteroatoms. The zero-order valence-corrected chi connectivity index (χ0v) is 8.55. The lowest BCUT2D eigenvalue weighted by Gasteiger charge is -2.37. The summed E-state index contributed by atoms with van der Waals surface area (Å²) in [7, 11) is 0. The van der Waals surface area contributed by atoms with E-state index in [-0.39, 0.29) is 0 Å². The number of hydrogen-bond donors (Lipinski definition) is 0. The second-order valence-electron chi connectivity index (χ2n) is 3.42. The molecule has 0 amide bonds. The van der Waals surface area contributed by atoms with Gasteiger partial charge in [0, 0.05) is 6.04 Å². The van der Waals surface area contributed by atoms with Crippen LogP contribution in [0.25, 0.3) is 0 Å². The number of nitrogens with zero attached hydrogens (tertiary/aromatic N) is 1. The first-order valence-electron chi connectivity index (χ1n) is 5.21. The quantitative estimate of drug-likeness (QED) is 0.597. The minimum absolute atomic E-state index is 0.762. The van der Waals surface area contributed by atoms with Crippen molar-refractivity contribution in [2.45, 2.75) is 45.7 Å². The zero-order chi connectivity index (χ0) is 8.97. The molecule has 2 aliphatic rings. The lowest BCUT2D eigenvalue weighted by atomic mass is 10.2. The van der Waals surface area contributed by atoms with Crippen LogP contribution >= 0.6 is 0 Å². The van der Waals surface area contributed by atoms with Gasteiger partial charge >= 0.3 is 0 Å². The first-order valence-corrected chi connectivity index (χ1v) is 5.21. The molecule has 0 bridgehead atoms. The third-order valence-electron chi connectivity index (χ3n) is 2.69. The molecule has 0 spiro atoms. The van der Waals surface area contributed by atoms with E-state index in [1.807, 2.05) is 13.8 Å². The van der Waals surface area contributed by atoms with E-state index in [9.17, 15) is 0 Å². The van der Waals surface area contributed by atoms with E-state index in [2.05, 4.69) is 11.8 Å². The van der Waals surface area contributed by atoms with Crippen LogP contribution in [0, 0.1) is 0 Å². The highest BCUT2D eigenvalue weighted by Crippen LogP contribution is 2.22. The number of likely N-dealkylation sites (tertiary alicyclic amines) is 1. The molecule has 0 aromatic rings. The second-order valence-corrected chi connectivity index (χ2v) is 3.42. The van der Waals surface area contributed by atoms with E-state index in [0.717, 1.165) is 25.3 Å². The summed E-state index contributed by atoms with van der Waals surface area (Å²) < 4.78 is 5.15. The minimum atomic E-state index is 0.762. The maximum absolute atomic E-state index is 5.15. The maximum Gasteiger partial charge on any atom is 0.0645 e. The Hall–Kier alpha value is -0.0800. The lowest BCUT2D eigenvalue weighted by molar-refractivity contribution is -0.0671. The van der Waals surface area contributed by atoms with Crippen LogP contribution in [0.15, 0.2) is 0 Å². The minimum Gasteiger partial charge on any atom is -0.378 e. The second kappa shape index (κ2) is 4.83. The Morgan fingerprint density at radius 2 is 1.92 bits per heavy atom. The molecule has 1 unspecified atom stereocenters. The standard InChI is InChI=1S/C8H15NO.C2H6/c1-7-3-2-4-9(7)8-5-10-6-8;1-2/h7-8H,2-6H2,1H3;1-2H3. The molecule has 0 saturated carbocycles. The molecular weight excluding hydrogens is 150 g/mol. The van der Waals surface area contributed by atoms with Gasteiger partial charge in [-0.3, -0.25) is 4.90 Å².